The fourth-order valence-corrected chi connectivity index (χ4v) is 3.27. The zero-order valence-corrected chi connectivity index (χ0v) is 12.7. The summed E-state index contributed by atoms with van der Waals surface area (Å²) in [6, 6.07) is 12.1. The average Bonchev–Trinajstić information content (AvgIpc) is 2.92. The van der Waals surface area contributed by atoms with Crippen LogP contribution in [-0.2, 0) is 0 Å². The number of halogens is 2. The normalized spacial score (nSPS) is 10.7. The molecule has 0 radical (unpaired) electrons. The van der Waals surface area contributed by atoms with E-state index in [4.69, 9.17) is 5.73 Å². The van der Waals surface area contributed by atoms with Gasteiger partial charge in [0.2, 0.25) is 0 Å². The van der Waals surface area contributed by atoms with Crippen molar-refractivity contribution in [3.05, 3.63) is 58.1 Å². The van der Waals surface area contributed by atoms with E-state index < -0.39 is 0 Å². The van der Waals surface area contributed by atoms with Gasteiger partial charge in [-0.3, -0.25) is 0 Å². The third-order valence-corrected chi connectivity index (χ3v) is 4.44. The SMILES string of the molecule is Nc1ccc(-c2csc(-c3cc(F)ccc3Br)n2)cc1. The Morgan fingerprint density at radius 3 is 2.60 bits per heavy atom. The Labute approximate surface area is 128 Å². The van der Waals surface area contributed by atoms with E-state index in [0.29, 0.717) is 0 Å². The first-order valence-corrected chi connectivity index (χ1v) is 7.57. The van der Waals surface area contributed by atoms with E-state index >= 15 is 0 Å². The van der Waals surface area contributed by atoms with E-state index in [1.54, 1.807) is 6.07 Å². The van der Waals surface area contributed by atoms with Crippen LogP contribution >= 0.6 is 27.3 Å². The fraction of sp³-hybridized carbons (Fsp3) is 0. The molecule has 0 unspecified atom stereocenters. The van der Waals surface area contributed by atoms with Gasteiger partial charge in [-0.2, -0.15) is 0 Å². The van der Waals surface area contributed by atoms with Gasteiger partial charge in [0.05, 0.1) is 5.69 Å². The summed E-state index contributed by atoms with van der Waals surface area (Å²) in [7, 11) is 0. The molecule has 3 aromatic rings. The van der Waals surface area contributed by atoms with Gasteiger partial charge < -0.3 is 5.73 Å². The van der Waals surface area contributed by atoms with Crippen LogP contribution in [0.15, 0.2) is 52.3 Å². The number of aromatic nitrogens is 1. The third kappa shape index (κ3) is 2.59. The molecule has 0 bridgehead atoms. The number of benzene rings is 2. The molecule has 0 spiro atoms. The Hall–Kier alpha value is -1.72. The maximum absolute atomic E-state index is 13.3. The molecule has 1 heterocycles. The van der Waals surface area contributed by atoms with Crippen molar-refractivity contribution >= 4 is 33.0 Å². The van der Waals surface area contributed by atoms with E-state index in [2.05, 4.69) is 20.9 Å². The number of rotatable bonds is 2. The van der Waals surface area contributed by atoms with Crippen molar-refractivity contribution in [2.24, 2.45) is 0 Å². The van der Waals surface area contributed by atoms with Crippen molar-refractivity contribution in [1.29, 1.82) is 0 Å². The molecular weight excluding hydrogens is 339 g/mol. The van der Waals surface area contributed by atoms with Crippen LogP contribution < -0.4 is 5.73 Å². The van der Waals surface area contributed by atoms with Crippen molar-refractivity contribution in [3.8, 4) is 21.8 Å². The lowest BCUT2D eigenvalue weighted by Crippen LogP contribution is -1.85. The van der Waals surface area contributed by atoms with Gasteiger partial charge in [0, 0.05) is 26.7 Å². The Bertz CT molecular complexity index is 753. The van der Waals surface area contributed by atoms with Gasteiger partial charge in [0.25, 0.3) is 0 Å². The molecule has 2 nitrogen and oxygen atoms in total. The summed E-state index contributed by atoms with van der Waals surface area (Å²) in [5.74, 6) is -0.271. The zero-order chi connectivity index (χ0) is 14.1. The zero-order valence-electron chi connectivity index (χ0n) is 10.3. The Balaban J connectivity index is 2.01. The second-order valence-electron chi connectivity index (χ2n) is 4.28. The third-order valence-electron chi connectivity index (χ3n) is 2.87. The molecule has 0 aliphatic rings. The highest BCUT2D eigenvalue weighted by atomic mass is 79.9. The Kier molecular flexibility index (Phi) is 3.54. The molecule has 0 saturated heterocycles. The number of hydrogen-bond acceptors (Lipinski definition) is 3. The van der Waals surface area contributed by atoms with Crippen molar-refractivity contribution in [2.75, 3.05) is 5.73 Å². The molecule has 3 rings (SSSR count). The molecule has 1 aromatic heterocycles. The van der Waals surface area contributed by atoms with Crippen molar-refractivity contribution in [2.45, 2.75) is 0 Å². The van der Waals surface area contributed by atoms with E-state index in [1.807, 2.05) is 29.6 Å². The van der Waals surface area contributed by atoms with E-state index in [0.717, 1.165) is 32.0 Å². The van der Waals surface area contributed by atoms with Crippen LogP contribution in [0.5, 0.6) is 0 Å². The summed E-state index contributed by atoms with van der Waals surface area (Å²) in [6.45, 7) is 0. The van der Waals surface area contributed by atoms with Crippen molar-refractivity contribution in [1.82, 2.24) is 4.98 Å². The molecule has 2 aromatic carbocycles. The summed E-state index contributed by atoms with van der Waals surface area (Å²) in [6.07, 6.45) is 0. The van der Waals surface area contributed by atoms with Crippen LogP contribution in [0.3, 0.4) is 0 Å². The average molecular weight is 349 g/mol. The molecule has 0 saturated carbocycles. The summed E-state index contributed by atoms with van der Waals surface area (Å²) >= 11 is 4.91. The summed E-state index contributed by atoms with van der Waals surface area (Å²) in [5, 5.41) is 2.74. The van der Waals surface area contributed by atoms with Crippen LogP contribution in [0.1, 0.15) is 0 Å². The van der Waals surface area contributed by atoms with E-state index in [9.17, 15) is 4.39 Å². The Morgan fingerprint density at radius 1 is 1.10 bits per heavy atom. The first-order chi connectivity index (χ1) is 9.63. The highest BCUT2D eigenvalue weighted by Crippen LogP contribution is 2.33. The second kappa shape index (κ2) is 5.34. The number of thiazole rings is 1. The van der Waals surface area contributed by atoms with E-state index in [1.165, 1.54) is 23.5 Å². The van der Waals surface area contributed by atoms with Crippen LogP contribution in [0.25, 0.3) is 21.8 Å². The quantitative estimate of drug-likeness (QED) is 0.664. The summed E-state index contributed by atoms with van der Waals surface area (Å²) in [4.78, 5) is 4.56. The minimum absolute atomic E-state index is 0.271. The van der Waals surface area contributed by atoms with Crippen LogP contribution in [0, 0.1) is 5.82 Å². The molecule has 0 amide bonds. The second-order valence-corrected chi connectivity index (χ2v) is 6.00. The number of nitrogens with two attached hydrogens (primary N) is 1. The van der Waals surface area contributed by atoms with Gasteiger partial charge in [-0.25, -0.2) is 9.37 Å². The number of nitrogen functional groups attached to an aromatic ring is 1. The molecule has 20 heavy (non-hydrogen) atoms. The minimum Gasteiger partial charge on any atom is -0.399 e. The molecule has 5 heteroatoms. The number of hydrogen-bond donors (Lipinski definition) is 1. The lowest BCUT2D eigenvalue weighted by atomic mass is 10.1. The fourth-order valence-electron chi connectivity index (χ4n) is 1.85. The molecule has 0 atom stereocenters. The lowest BCUT2D eigenvalue weighted by Gasteiger charge is -2.01. The first-order valence-electron chi connectivity index (χ1n) is 5.90. The standard InChI is InChI=1S/C15H10BrFN2S/c16-13-6-3-10(17)7-12(13)15-19-14(8-20-15)9-1-4-11(18)5-2-9/h1-8H,18H2. The van der Waals surface area contributed by atoms with Gasteiger partial charge in [-0.15, -0.1) is 11.3 Å². The molecule has 0 aliphatic heterocycles. The maximum Gasteiger partial charge on any atom is 0.125 e. The predicted molar refractivity (Wildman–Crippen MR) is 85.1 cm³/mol. The first kappa shape index (κ1) is 13.3. The van der Waals surface area contributed by atoms with Crippen LogP contribution in [0.2, 0.25) is 0 Å². The topological polar surface area (TPSA) is 38.9 Å². The van der Waals surface area contributed by atoms with Gasteiger partial charge in [0.15, 0.2) is 0 Å². The van der Waals surface area contributed by atoms with Gasteiger partial charge in [-0.05, 0) is 30.3 Å². The molecule has 0 fully saturated rings. The number of anilines is 1. The van der Waals surface area contributed by atoms with Crippen molar-refractivity contribution < 1.29 is 4.39 Å². The monoisotopic (exact) mass is 348 g/mol. The number of nitrogens with zero attached hydrogens (tertiary/aromatic N) is 1. The minimum atomic E-state index is -0.271. The van der Waals surface area contributed by atoms with Crippen LogP contribution in [-0.4, -0.2) is 4.98 Å². The van der Waals surface area contributed by atoms with Gasteiger partial charge in [0.1, 0.15) is 10.8 Å². The molecule has 2 N–H and O–H groups in total. The highest BCUT2D eigenvalue weighted by Gasteiger charge is 2.10. The maximum atomic E-state index is 13.3. The predicted octanol–water partition coefficient (Wildman–Crippen LogP) is 4.96. The van der Waals surface area contributed by atoms with Gasteiger partial charge in [-0.1, -0.05) is 28.1 Å². The van der Waals surface area contributed by atoms with Crippen LogP contribution in [0.4, 0.5) is 10.1 Å². The summed E-state index contributed by atoms with van der Waals surface area (Å²) < 4.78 is 14.2. The van der Waals surface area contributed by atoms with E-state index in [-0.39, 0.29) is 5.82 Å². The molecule has 100 valence electrons. The molecular formula is C15H10BrFN2S. The Morgan fingerprint density at radius 2 is 1.85 bits per heavy atom. The molecule has 0 aliphatic carbocycles. The smallest absolute Gasteiger partial charge is 0.125 e. The highest BCUT2D eigenvalue weighted by molar-refractivity contribution is 9.10. The van der Waals surface area contributed by atoms with Crippen molar-refractivity contribution in [3.63, 3.8) is 0 Å². The lowest BCUT2D eigenvalue weighted by molar-refractivity contribution is 0.628. The summed E-state index contributed by atoms with van der Waals surface area (Å²) in [5.41, 5.74) is 9.01. The van der Waals surface area contributed by atoms with Gasteiger partial charge >= 0.3 is 0 Å². The largest absolute Gasteiger partial charge is 0.399 e.